The SMILES string of the molecule is CCNC(=O)C(C)Nc1cnc(C(=O)OC)cn1. The molecule has 0 saturated heterocycles. The van der Waals surface area contributed by atoms with E-state index in [0.29, 0.717) is 12.4 Å². The Balaban J connectivity index is 2.63. The summed E-state index contributed by atoms with van der Waals surface area (Å²) in [5.74, 6) is -0.261. The van der Waals surface area contributed by atoms with Crippen molar-refractivity contribution >= 4 is 17.7 Å². The summed E-state index contributed by atoms with van der Waals surface area (Å²) >= 11 is 0. The van der Waals surface area contributed by atoms with Gasteiger partial charge in [-0.25, -0.2) is 14.8 Å². The summed E-state index contributed by atoms with van der Waals surface area (Å²) in [7, 11) is 1.27. The van der Waals surface area contributed by atoms with Crippen LogP contribution in [0.4, 0.5) is 5.82 Å². The highest BCUT2D eigenvalue weighted by Crippen LogP contribution is 2.04. The van der Waals surface area contributed by atoms with Crippen LogP contribution in [0.25, 0.3) is 0 Å². The molecule has 0 aromatic carbocycles. The van der Waals surface area contributed by atoms with Crippen LogP contribution in [0.2, 0.25) is 0 Å². The van der Waals surface area contributed by atoms with Gasteiger partial charge in [-0.05, 0) is 13.8 Å². The Morgan fingerprint density at radius 2 is 2.11 bits per heavy atom. The van der Waals surface area contributed by atoms with Crippen LogP contribution < -0.4 is 10.6 Å². The average molecular weight is 252 g/mol. The maximum absolute atomic E-state index is 11.5. The van der Waals surface area contributed by atoms with Gasteiger partial charge in [0, 0.05) is 6.54 Å². The highest BCUT2D eigenvalue weighted by molar-refractivity contribution is 5.87. The van der Waals surface area contributed by atoms with Crippen molar-refractivity contribution in [3.8, 4) is 0 Å². The normalized spacial score (nSPS) is 11.5. The lowest BCUT2D eigenvalue weighted by atomic mass is 10.3. The molecule has 2 N–H and O–H groups in total. The van der Waals surface area contributed by atoms with E-state index in [1.54, 1.807) is 6.92 Å². The van der Waals surface area contributed by atoms with Crippen LogP contribution in [0.3, 0.4) is 0 Å². The van der Waals surface area contributed by atoms with Gasteiger partial charge in [0.1, 0.15) is 11.9 Å². The number of nitrogens with one attached hydrogen (secondary N) is 2. The van der Waals surface area contributed by atoms with Gasteiger partial charge in [-0.3, -0.25) is 4.79 Å². The first-order valence-corrected chi connectivity index (χ1v) is 5.53. The molecule has 1 unspecified atom stereocenters. The van der Waals surface area contributed by atoms with Gasteiger partial charge in [-0.15, -0.1) is 0 Å². The predicted molar refractivity (Wildman–Crippen MR) is 65.1 cm³/mol. The molecule has 0 bridgehead atoms. The Morgan fingerprint density at radius 3 is 2.61 bits per heavy atom. The lowest BCUT2D eigenvalue weighted by Crippen LogP contribution is -2.37. The van der Waals surface area contributed by atoms with Crippen molar-refractivity contribution in [2.24, 2.45) is 0 Å². The number of carbonyl (C=O) groups excluding carboxylic acids is 2. The minimum absolute atomic E-state index is 0.119. The van der Waals surface area contributed by atoms with Crippen LogP contribution in [-0.2, 0) is 9.53 Å². The van der Waals surface area contributed by atoms with Gasteiger partial charge in [-0.2, -0.15) is 0 Å². The summed E-state index contributed by atoms with van der Waals surface area (Å²) in [6, 6.07) is -0.428. The molecule has 0 aliphatic rings. The second kappa shape index (κ2) is 6.53. The number of anilines is 1. The monoisotopic (exact) mass is 252 g/mol. The number of rotatable bonds is 5. The molecular formula is C11H16N4O3. The van der Waals surface area contributed by atoms with Gasteiger partial charge in [0.05, 0.1) is 19.5 Å². The summed E-state index contributed by atoms with van der Waals surface area (Å²) in [6.45, 7) is 4.12. The Morgan fingerprint density at radius 1 is 1.39 bits per heavy atom. The fourth-order valence-corrected chi connectivity index (χ4v) is 1.23. The molecule has 0 fully saturated rings. The summed E-state index contributed by atoms with van der Waals surface area (Å²) in [5, 5.41) is 5.55. The second-order valence-corrected chi connectivity index (χ2v) is 3.54. The highest BCUT2D eigenvalue weighted by Gasteiger charge is 2.13. The Labute approximate surface area is 105 Å². The van der Waals surface area contributed by atoms with Gasteiger partial charge >= 0.3 is 5.97 Å². The largest absolute Gasteiger partial charge is 0.464 e. The summed E-state index contributed by atoms with van der Waals surface area (Å²) < 4.78 is 4.50. The quantitative estimate of drug-likeness (QED) is 0.727. The van der Waals surface area contributed by atoms with E-state index >= 15 is 0 Å². The van der Waals surface area contributed by atoms with E-state index in [-0.39, 0.29) is 11.6 Å². The molecule has 0 spiro atoms. The molecule has 1 atom stereocenters. The molecule has 0 radical (unpaired) electrons. The third-order valence-corrected chi connectivity index (χ3v) is 2.16. The first-order valence-electron chi connectivity index (χ1n) is 5.53. The van der Waals surface area contributed by atoms with E-state index in [1.807, 2.05) is 6.92 Å². The highest BCUT2D eigenvalue weighted by atomic mass is 16.5. The topological polar surface area (TPSA) is 93.2 Å². The molecule has 1 amide bonds. The zero-order chi connectivity index (χ0) is 13.5. The third-order valence-electron chi connectivity index (χ3n) is 2.16. The number of esters is 1. The van der Waals surface area contributed by atoms with Crippen LogP contribution in [0.5, 0.6) is 0 Å². The molecule has 1 aromatic heterocycles. The molecule has 0 aliphatic carbocycles. The van der Waals surface area contributed by atoms with Crippen LogP contribution in [0.15, 0.2) is 12.4 Å². The molecule has 0 aliphatic heterocycles. The van der Waals surface area contributed by atoms with Crippen molar-refractivity contribution < 1.29 is 14.3 Å². The van der Waals surface area contributed by atoms with Crippen LogP contribution in [-0.4, -0.2) is 41.5 Å². The maximum atomic E-state index is 11.5. The van der Waals surface area contributed by atoms with Crippen molar-refractivity contribution in [2.75, 3.05) is 19.0 Å². The van der Waals surface area contributed by atoms with Crippen molar-refractivity contribution in [2.45, 2.75) is 19.9 Å². The Kier molecular flexibility index (Phi) is 5.04. The molecular weight excluding hydrogens is 236 g/mol. The van der Waals surface area contributed by atoms with Crippen molar-refractivity contribution in [3.63, 3.8) is 0 Å². The van der Waals surface area contributed by atoms with Gasteiger partial charge in [0.25, 0.3) is 0 Å². The first kappa shape index (κ1) is 13.9. The summed E-state index contributed by atoms with van der Waals surface area (Å²) in [4.78, 5) is 30.5. The molecule has 7 heteroatoms. The van der Waals surface area contributed by atoms with Crippen LogP contribution in [0, 0.1) is 0 Å². The van der Waals surface area contributed by atoms with E-state index in [2.05, 4.69) is 25.3 Å². The van der Waals surface area contributed by atoms with Crippen molar-refractivity contribution in [1.29, 1.82) is 0 Å². The zero-order valence-corrected chi connectivity index (χ0v) is 10.6. The van der Waals surface area contributed by atoms with Gasteiger partial charge in [0.2, 0.25) is 5.91 Å². The Hall–Kier alpha value is -2.18. The van der Waals surface area contributed by atoms with E-state index in [9.17, 15) is 9.59 Å². The van der Waals surface area contributed by atoms with Crippen molar-refractivity contribution in [3.05, 3.63) is 18.1 Å². The molecule has 1 heterocycles. The zero-order valence-electron chi connectivity index (χ0n) is 10.6. The van der Waals surface area contributed by atoms with Crippen LogP contribution in [0.1, 0.15) is 24.3 Å². The fourth-order valence-electron chi connectivity index (χ4n) is 1.23. The minimum atomic E-state index is -0.550. The number of carbonyl (C=O) groups is 2. The van der Waals surface area contributed by atoms with E-state index in [0.717, 1.165) is 0 Å². The molecule has 1 aromatic rings. The maximum Gasteiger partial charge on any atom is 0.358 e. The number of amides is 1. The third kappa shape index (κ3) is 3.69. The number of hydrogen-bond donors (Lipinski definition) is 2. The molecule has 18 heavy (non-hydrogen) atoms. The van der Waals surface area contributed by atoms with E-state index in [4.69, 9.17) is 0 Å². The van der Waals surface area contributed by atoms with Crippen LogP contribution >= 0.6 is 0 Å². The van der Waals surface area contributed by atoms with E-state index < -0.39 is 12.0 Å². The standard InChI is InChI=1S/C11H16N4O3/c1-4-12-10(16)7(2)15-9-6-13-8(5-14-9)11(17)18-3/h5-7H,4H2,1-3H3,(H,12,16)(H,14,15). The van der Waals surface area contributed by atoms with E-state index in [1.165, 1.54) is 19.5 Å². The van der Waals surface area contributed by atoms with Gasteiger partial charge in [0.15, 0.2) is 5.69 Å². The molecule has 7 nitrogen and oxygen atoms in total. The van der Waals surface area contributed by atoms with Gasteiger partial charge in [-0.1, -0.05) is 0 Å². The van der Waals surface area contributed by atoms with Crippen molar-refractivity contribution in [1.82, 2.24) is 15.3 Å². The average Bonchev–Trinajstić information content (AvgIpc) is 2.39. The second-order valence-electron chi connectivity index (χ2n) is 3.54. The number of nitrogens with zero attached hydrogens (tertiary/aromatic N) is 2. The number of likely N-dealkylation sites (N-methyl/N-ethyl adjacent to an activating group) is 1. The lowest BCUT2D eigenvalue weighted by Gasteiger charge is -2.13. The number of hydrogen-bond acceptors (Lipinski definition) is 6. The molecule has 0 saturated carbocycles. The number of aromatic nitrogens is 2. The lowest BCUT2D eigenvalue weighted by molar-refractivity contribution is -0.121. The number of ether oxygens (including phenoxy) is 1. The Bertz CT molecular complexity index is 419. The summed E-state index contributed by atoms with van der Waals surface area (Å²) in [6.07, 6.45) is 2.67. The van der Waals surface area contributed by atoms with Gasteiger partial charge < -0.3 is 15.4 Å². The predicted octanol–water partition coefficient (Wildman–Crippen LogP) is 0.200. The fraction of sp³-hybridized carbons (Fsp3) is 0.455. The molecule has 98 valence electrons. The minimum Gasteiger partial charge on any atom is -0.464 e. The summed E-state index contributed by atoms with van der Waals surface area (Å²) in [5.41, 5.74) is 0.119. The first-order chi connectivity index (χ1) is 8.58. The number of methoxy groups -OCH3 is 1. The smallest absolute Gasteiger partial charge is 0.358 e. The molecule has 1 rings (SSSR count).